The standard InChI is InChI=1S/C22H16N4OS/c1-15-7-9-18(10-8-15)24-21(27)17(14-23)13-19-20(16-5-3-2-4-6-16)25-22-26(19)11-12-28-22/h2-13H,1H3,(H,24,27)/b17-13+. The van der Waals surface area contributed by atoms with Gasteiger partial charge in [0, 0.05) is 22.8 Å². The lowest BCUT2D eigenvalue weighted by Crippen LogP contribution is -2.13. The molecule has 0 bridgehead atoms. The van der Waals surface area contributed by atoms with Crippen LogP contribution in [0.3, 0.4) is 0 Å². The molecule has 0 unspecified atom stereocenters. The quantitative estimate of drug-likeness (QED) is 0.401. The van der Waals surface area contributed by atoms with Gasteiger partial charge in [-0.1, -0.05) is 48.0 Å². The number of aromatic nitrogens is 2. The van der Waals surface area contributed by atoms with E-state index in [9.17, 15) is 10.1 Å². The van der Waals surface area contributed by atoms with Gasteiger partial charge in [-0.2, -0.15) is 5.26 Å². The number of hydrogen-bond acceptors (Lipinski definition) is 4. The molecule has 0 aliphatic carbocycles. The van der Waals surface area contributed by atoms with Crippen molar-refractivity contribution in [2.45, 2.75) is 6.92 Å². The van der Waals surface area contributed by atoms with Crippen LogP contribution in [0.5, 0.6) is 0 Å². The van der Waals surface area contributed by atoms with Gasteiger partial charge in [0.2, 0.25) is 0 Å². The van der Waals surface area contributed by atoms with Crippen molar-refractivity contribution in [1.29, 1.82) is 5.26 Å². The van der Waals surface area contributed by atoms with Crippen molar-refractivity contribution in [3.05, 3.63) is 83.0 Å². The van der Waals surface area contributed by atoms with Crippen LogP contribution >= 0.6 is 11.3 Å². The highest BCUT2D eigenvalue weighted by atomic mass is 32.1. The minimum Gasteiger partial charge on any atom is -0.321 e. The molecule has 0 spiro atoms. The minimum absolute atomic E-state index is 0.0192. The maximum atomic E-state index is 12.6. The molecule has 0 radical (unpaired) electrons. The zero-order chi connectivity index (χ0) is 19.5. The van der Waals surface area contributed by atoms with Gasteiger partial charge in [-0.3, -0.25) is 9.20 Å². The number of nitrogens with zero attached hydrogens (tertiary/aromatic N) is 3. The normalized spacial score (nSPS) is 11.4. The molecule has 28 heavy (non-hydrogen) atoms. The molecule has 4 aromatic rings. The predicted octanol–water partition coefficient (Wildman–Crippen LogP) is 4.92. The fourth-order valence-corrected chi connectivity index (χ4v) is 3.59. The Morgan fingerprint density at radius 3 is 2.64 bits per heavy atom. The number of carbonyl (C=O) groups is 1. The third-order valence-electron chi connectivity index (χ3n) is 4.30. The number of fused-ring (bicyclic) bond motifs is 1. The number of carbonyl (C=O) groups excluding carboxylic acids is 1. The monoisotopic (exact) mass is 384 g/mol. The second-order valence-electron chi connectivity index (χ2n) is 6.26. The number of anilines is 1. The molecule has 0 aliphatic heterocycles. The van der Waals surface area contributed by atoms with Crippen LogP contribution in [0.2, 0.25) is 0 Å². The van der Waals surface area contributed by atoms with Crippen molar-refractivity contribution < 1.29 is 4.79 Å². The van der Waals surface area contributed by atoms with Crippen LogP contribution in [0.25, 0.3) is 22.3 Å². The first kappa shape index (κ1) is 17.7. The van der Waals surface area contributed by atoms with Gasteiger partial charge >= 0.3 is 0 Å². The highest BCUT2D eigenvalue weighted by Crippen LogP contribution is 2.28. The number of amides is 1. The first-order chi connectivity index (χ1) is 13.7. The summed E-state index contributed by atoms with van der Waals surface area (Å²) in [5.74, 6) is -0.449. The van der Waals surface area contributed by atoms with Gasteiger partial charge in [0.05, 0.1) is 11.4 Å². The fraction of sp³-hybridized carbons (Fsp3) is 0.0455. The summed E-state index contributed by atoms with van der Waals surface area (Å²) in [6.45, 7) is 1.98. The first-order valence-corrected chi connectivity index (χ1v) is 9.54. The third-order valence-corrected chi connectivity index (χ3v) is 5.06. The van der Waals surface area contributed by atoms with E-state index in [0.717, 1.165) is 21.8 Å². The van der Waals surface area contributed by atoms with E-state index in [2.05, 4.69) is 10.3 Å². The Kier molecular flexibility index (Phi) is 4.75. The molecule has 1 amide bonds. The Morgan fingerprint density at radius 1 is 1.18 bits per heavy atom. The Morgan fingerprint density at radius 2 is 1.93 bits per heavy atom. The number of hydrogen-bond donors (Lipinski definition) is 1. The highest BCUT2D eigenvalue weighted by Gasteiger charge is 2.17. The van der Waals surface area contributed by atoms with Crippen LogP contribution in [-0.4, -0.2) is 15.3 Å². The van der Waals surface area contributed by atoms with Crippen molar-refractivity contribution in [3.63, 3.8) is 0 Å². The summed E-state index contributed by atoms with van der Waals surface area (Å²) in [4.78, 5) is 18.1. The summed E-state index contributed by atoms with van der Waals surface area (Å²) >= 11 is 1.50. The highest BCUT2D eigenvalue weighted by molar-refractivity contribution is 7.15. The third kappa shape index (κ3) is 3.43. The van der Waals surface area contributed by atoms with Gasteiger partial charge in [-0.15, -0.1) is 11.3 Å². The second-order valence-corrected chi connectivity index (χ2v) is 7.13. The molecule has 0 saturated heterocycles. The van der Waals surface area contributed by atoms with E-state index in [1.165, 1.54) is 11.3 Å². The number of nitriles is 1. The van der Waals surface area contributed by atoms with Crippen LogP contribution in [0.4, 0.5) is 5.69 Å². The lowest BCUT2D eigenvalue weighted by Gasteiger charge is -2.05. The van der Waals surface area contributed by atoms with Crippen LogP contribution in [0, 0.1) is 18.3 Å². The molecule has 5 nitrogen and oxygen atoms in total. The largest absolute Gasteiger partial charge is 0.321 e. The smallest absolute Gasteiger partial charge is 0.266 e. The summed E-state index contributed by atoms with van der Waals surface area (Å²) < 4.78 is 1.89. The first-order valence-electron chi connectivity index (χ1n) is 8.66. The molecule has 4 rings (SSSR count). The van der Waals surface area contributed by atoms with E-state index in [1.54, 1.807) is 6.08 Å². The molecule has 0 aliphatic rings. The Balaban J connectivity index is 1.74. The number of thiazole rings is 1. The molecule has 0 fully saturated rings. The maximum absolute atomic E-state index is 12.6. The lowest BCUT2D eigenvalue weighted by molar-refractivity contribution is -0.112. The van der Waals surface area contributed by atoms with Gasteiger partial charge in [-0.05, 0) is 25.1 Å². The zero-order valence-electron chi connectivity index (χ0n) is 15.1. The van der Waals surface area contributed by atoms with E-state index >= 15 is 0 Å². The van der Waals surface area contributed by atoms with Crippen molar-refractivity contribution in [1.82, 2.24) is 9.38 Å². The molecule has 1 N–H and O–H groups in total. The molecule has 6 heteroatoms. The van der Waals surface area contributed by atoms with Gasteiger partial charge in [-0.25, -0.2) is 4.98 Å². The van der Waals surface area contributed by atoms with E-state index in [1.807, 2.05) is 83.6 Å². The van der Waals surface area contributed by atoms with E-state index in [4.69, 9.17) is 0 Å². The van der Waals surface area contributed by atoms with Crippen LogP contribution in [-0.2, 0) is 4.79 Å². The lowest BCUT2D eigenvalue weighted by atomic mass is 10.1. The van der Waals surface area contributed by atoms with Gasteiger partial charge in [0.25, 0.3) is 5.91 Å². The Hall–Kier alpha value is -3.69. The topological polar surface area (TPSA) is 70.2 Å². The number of imidazole rings is 1. The number of benzene rings is 2. The SMILES string of the molecule is Cc1ccc(NC(=O)/C(C#N)=C/c2c(-c3ccccc3)nc3sccn23)cc1. The van der Waals surface area contributed by atoms with E-state index in [0.29, 0.717) is 11.4 Å². The second kappa shape index (κ2) is 7.51. The number of nitrogens with one attached hydrogen (secondary N) is 1. The molecule has 2 aromatic carbocycles. The average molecular weight is 384 g/mol. The van der Waals surface area contributed by atoms with Crippen LogP contribution < -0.4 is 5.32 Å². The summed E-state index contributed by atoms with van der Waals surface area (Å²) in [6, 6.07) is 19.2. The summed E-state index contributed by atoms with van der Waals surface area (Å²) in [5, 5.41) is 14.3. The molecular weight excluding hydrogens is 368 g/mol. The van der Waals surface area contributed by atoms with Crippen molar-refractivity contribution in [2.24, 2.45) is 0 Å². The van der Waals surface area contributed by atoms with Gasteiger partial charge in [0.1, 0.15) is 11.6 Å². The van der Waals surface area contributed by atoms with Crippen LogP contribution in [0.15, 0.2) is 71.7 Å². The number of rotatable bonds is 4. The summed E-state index contributed by atoms with van der Waals surface area (Å²) in [5.41, 5.74) is 4.14. The van der Waals surface area contributed by atoms with Gasteiger partial charge < -0.3 is 5.32 Å². The molecule has 136 valence electrons. The zero-order valence-corrected chi connectivity index (χ0v) is 15.9. The van der Waals surface area contributed by atoms with Crippen LogP contribution in [0.1, 0.15) is 11.3 Å². The molecule has 2 heterocycles. The van der Waals surface area contributed by atoms with Crippen molar-refractivity contribution in [3.8, 4) is 17.3 Å². The molecule has 0 saturated carbocycles. The summed E-state index contributed by atoms with van der Waals surface area (Å²) in [7, 11) is 0. The Bertz CT molecular complexity index is 1210. The molecule has 2 aromatic heterocycles. The van der Waals surface area contributed by atoms with E-state index < -0.39 is 5.91 Å². The summed E-state index contributed by atoms with van der Waals surface area (Å²) in [6.07, 6.45) is 3.48. The molecular formula is C22H16N4OS. The molecule has 0 atom stereocenters. The average Bonchev–Trinajstić information content (AvgIpc) is 3.30. The Labute approximate surface area is 166 Å². The van der Waals surface area contributed by atoms with Gasteiger partial charge in [0.15, 0.2) is 4.96 Å². The maximum Gasteiger partial charge on any atom is 0.266 e. The fourth-order valence-electron chi connectivity index (χ4n) is 2.87. The van der Waals surface area contributed by atoms with Crippen molar-refractivity contribution >= 4 is 34.0 Å². The van der Waals surface area contributed by atoms with Crippen molar-refractivity contribution in [2.75, 3.05) is 5.32 Å². The predicted molar refractivity (Wildman–Crippen MR) is 112 cm³/mol. The van der Waals surface area contributed by atoms with E-state index in [-0.39, 0.29) is 5.57 Å². The number of aryl methyl sites for hydroxylation is 1. The minimum atomic E-state index is -0.449.